The zero-order chi connectivity index (χ0) is 13.7. The first kappa shape index (κ1) is 13.7. The van der Waals surface area contributed by atoms with E-state index in [2.05, 4.69) is 31.3 Å². The van der Waals surface area contributed by atoms with Gasteiger partial charge in [-0.25, -0.2) is 4.68 Å². The molecule has 0 saturated carbocycles. The van der Waals surface area contributed by atoms with Crippen molar-refractivity contribution in [1.29, 1.82) is 0 Å². The first-order valence-electron chi connectivity index (χ1n) is 5.71. The molecule has 0 aromatic carbocycles. The molecule has 0 amide bonds. The summed E-state index contributed by atoms with van der Waals surface area (Å²) in [6.45, 7) is 0.636. The predicted octanol–water partition coefficient (Wildman–Crippen LogP) is 1.01. The van der Waals surface area contributed by atoms with Crippen LogP contribution < -0.4 is 10.9 Å². The number of halogens is 1. The summed E-state index contributed by atoms with van der Waals surface area (Å²) in [5.41, 5.74) is 1.41. The molecule has 0 radical (unpaired) electrons. The molecule has 100 valence electrons. The Morgan fingerprint density at radius 3 is 2.79 bits per heavy atom. The van der Waals surface area contributed by atoms with Crippen molar-refractivity contribution in [3.8, 4) is 0 Å². The average molecular weight is 325 g/mol. The Balaban J connectivity index is 2.13. The molecule has 0 spiro atoms. The zero-order valence-electron chi connectivity index (χ0n) is 10.1. The molecular formula is C12H13BrN4O2. The van der Waals surface area contributed by atoms with Crippen molar-refractivity contribution >= 4 is 21.6 Å². The van der Waals surface area contributed by atoms with Gasteiger partial charge in [0, 0.05) is 18.9 Å². The highest BCUT2D eigenvalue weighted by atomic mass is 79.9. The molecule has 0 atom stereocenters. The molecule has 2 heterocycles. The molecule has 19 heavy (non-hydrogen) atoms. The van der Waals surface area contributed by atoms with Gasteiger partial charge >= 0.3 is 0 Å². The molecule has 2 aromatic rings. The second-order valence-electron chi connectivity index (χ2n) is 3.83. The van der Waals surface area contributed by atoms with E-state index in [1.165, 1.54) is 4.68 Å². The maximum atomic E-state index is 11.9. The van der Waals surface area contributed by atoms with Crippen LogP contribution >= 0.6 is 15.9 Å². The minimum Gasteiger partial charge on any atom is -0.394 e. The molecule has 7 heteroatoms. The highest BCUT2D eigenvalue weighted by Crippen LogP contribution is 2.16. The fourth-order valence-electron chi connectivity index (χ4n) is 1.54. The van der Waals surface area contributed by atoms with Gasteiger partial charge in [-0.3, -0.25) is 9.78 Å². The number of nitrogens with zero attached hydrogens (tertiary/aromatic N) is 3. The van der Waals surface area contributed by atoms with Crippen LogP contribution in [-0.2, 0) is 13.1 Å². The molecule has 2 aromatic heterocycles. The number of anilines is 1. The van der Waals surface area contributed by atoms with Crippen LogP contribution in [0.2, 0.25) is 0 Å². The Labute approximate surface area is 118 Å². The lowest BCUT2D eigenvalue weighted by Crippen LogP contribution is -2.25. The molecule has 0 fully saturated rings. The topological polar surface area (TPSA) is 80.0 Å². The fourth-order valence-corrected chi connectivity index (χ4v) is 1.99. The van der Waals surface area contributed by atoms with Gasteiger partial charge in [-0.05, 0) is 33.6 Å². The quantitative estimate of drug-likeness (QED) is 0.857. The summed E-state index contributed by atoms with van der Waals surface area (Å²) in [5.74, 6) is 0. The lowest BCUT2D eigenvalue weighted by Gasteiger charge is -2.09. The van der Waals surface area contributed by atoms with E-state index >= 15 is 0 Å². The number of hydrogen-bond acceptors (Lipinski definition) is 5. The summed E-state index contributed by atoms with van der Waals surface area (Å²) in [5, 5.41) is 15.9. The first-order chi connectivity index (χ1) is 9.22. The van der Waals surface area contributed by atoms with Gasteiger partial charge in [-0.2, -0.15) is 5.10 Å². The summed E-state index contributed by atoms with van der Waals surface area (Å²) in [6, 6.07) is 3.78. The SMILES string of the molecule is O=c1c(Br)c(NCc2ccncc2)cnn1CCO. The molecule has 0 aliphatic carbocycles. The van der Waals surface area contributed by atoms with Gasteiger partial charge in [-0.15, -0.1) is 0 Å². The van der Waals surface area contributed by atoms with Crippen LogP contribution in [0.3, 0.4) is 0 Å². The van der Waals surface area contributed by atoms with Gasteiger partial charge in [0.1, 0.15) is 4.47 Å². The van der Waals surface area contributed by atoms with Crippen molar-refractivity contribution in [3.63, 3.8) is 0 Å². The van der Waals surface area contributed by atoms with E-state index in [9.17, 15) is 4.79 Å². The Kier molecular flexibility index (Phi) is 4.64. The van der Waals surface area contributed by atoms with Crippen LogP contribution in [0.1, 0.15) is 5.56 Å². The average Bonchev–Trinajstić information content (AvgIpc) is 2.44. The number of rotatable bonds is 5. The minimum absolute atomic E-state index is 0.122. The van der Waals surface area contributed by atoms with E-state index in [1.54, 1.807) is 18.6 Å². The molecule has 0 unspecified atom stereocenters. The van der Waals surface area contributed by atoms with E-state index in [0.29, 0.717) is 16.7 Å². The van der Waals surface area contributed by atoms with Crippen molar-refractivity contribution in [2.24, 2.45) is 0 Å². The largest absolute Gasteiger partial charge is 0.394 e. The highest BCUT2D eigenvalue weighted by molar-refractivity contribution is 9.10. The molecule has 2 rings (SSSR count). The summed E-state index contributed by atoms with van der Waals surface area (Å²) in [7, 11) is 0. The predicted molar refractivity (Wildman–Crippen MR) is 74.8 cm³/mol. The number of nitrogens with one attached hydrogen (secondary N) is 1. The number of pyridine rings is 1. The normalized spacial score (nSPS) is 10.4. The highest BCUT2D eigenvalue weighted by Gasteiger charge is 2.08. The number of aliphatic hydroxyl groups excluding tert-OH is 1. The maximum absolute atomic E-state index is 11.9. The zero-order valence-corrected chi connectivity index (χ0v) is 11.7. The van der Waals surface area contributed by atoms with Crippen LogP contribution in [0, 0.1) is 0 Å². The van der Waals surface area contributed by atoms with E-state index in [1.807, 2.05) is 12.1 Å². The molecule has 0 aliphatic rings. The van der Waals surface area contributed by atoms with Gasteiger partial charge in [-0.1, -0.05) is 0 Å². The van der Waals surface area contributed by atoms with Crippen molar-refractivity contribution in [1.82, 2.24) is 14.8 Å². The van der Waals surface area contributed by atoms with Crippen molar-refractivity contribution in [3.05, 3.63) is 51.1 Å². The van der Waals surface area contributed by atoms with Crippen LogP contribution in [0.25, 0.3) is 0 Å². The third-order valence-electron chi connectivity index (χ3n) is 2.53. The standard InChI is InChI=1S/C12H13BrN4O2/c13-11-10(8-16-17(5-6-18)12(11)19)15-7-9-1-3-14-4-2-9/h1-4,8,15,18H,5-7H2. The number of aliphatic hydroxyl groups is 1. The van der Waals surface area contributed by atoms with Gasteiger partial charge in [0.15, 0.2) is 0 Å². The van der Waals surface area contributed by atoms with Crippen LogP contribution in [-0.4, -0.2) is 26.5 Å². The molecule has 6 nitrogen and oxygen atoms in total. The van der Waals surface area contributed by atoms with Crippen LogP contribution in [0.15, 0.2) is 40.0 Å². The van der Waals surface area contributed by atoms with E-state index in [4.69, 9.17) is 5.11 Å². The fraction of sp³-hybridized carbons (Fsp3) is 0.250. The minimum atomic E-state index is -0.270. The summed E-state index contributed by atoms with van der Waals surface area (Å²) < 4.78 is 1.62. The van der Waals surface area contributed by atoms with E-state index < -0.39 is 0 Å². The second-order valence-corrected chi connectivity index (χ2v) is 4.63. The van der Waals surface area contributed by atoms with E-state index in [0.717, 1.165) is 5.56 Å². The van der Waals surface area contributed by atoms with Crippen molar-refractivity contribution in [2.45, 2.75) is 13.1 Å². The van der Waals surface area contributed by atoms with Crippen LogP contribution in [0.4, 0.5) is 5.69 Å². The van der Waals surface area contributed by atoms with Crippen molar-refractivity contribution in [2.75, 3.05) is 11.9 Å². The first-order valence-corrected chi connectivity index (χ1v) is 6.51. The van der Waals surface area contributed by atoms with Gasteiger partial charge in [0.2, 0.25) is 0 Å². The molecule has 0 aliphatic heterocycles. The Morgan fingerprint density at radius 2 is 2.11 bits per heavy atom. The molecule has 2 N–H and O–H groups in total. The molecule has 0 saturated heterocycles. The maximum Gasteiger partial charge on any atom is 0.283 e. The monoisotopic (exact) mass is 324 g/mol. The Hall–Kier alpha value is -1.73. The lowest BCUT2D eigenvalue weighted by molar-refractivity contribution is 0.266. The Bertz CT molecular complexity index is 600. The summed E-state index contributed by atoms with van der Waals surface area (Å²) in [6.07, 6.45) is 4.98. The second kappa shape index (κ2) is 6.44. The lowest BCUT2D eigenvalue weighted by atomic mass is 10.2. The third kappa shape index (κ3) is 3.39. The Morgan fingerprint density at radius 1 is 1.37 bits per heavy atom. The van der Waals surface area contributed by atoms with Gasteiger partial charge in [0.05, 0.1) is 25.0 Å². The summed E-state index contributed by atoms with van der Waals surface area (Å²) in [4.78, 5) is 15.8. The third-order valence-corrected chi connectivity index (χ3v) is 3.30. The van der Waals surface area contributed by atoms with Crippen molar-refractivity contribution < 1.29 is 5.11 Å². The van der Waals surface area contributed by atoms with Gasteiger partial charge < -0.3 is 10.4 Å². The number of aromatic nitrogens is 3. The summed E-state index contributed by atoms with van der Waals surface area (Å²) >= 11 is 3.24. The molecular weight excluding hydrogens is 312 g/mol. The van der Waals surface area contributed by atoms with Crippen LogP contribution in [0.5, 0.6) is 0 Å². The smallest absolute Gasteiger partial charge is 0.283 e. The molecule has 0 bridgehead atoms. The number of hydrogen-bond donors (Lipinski definition) is 2. The van der Waals surface area contributed by atoms with E-state index in [-0.39, 0.29) is 18.7 Å². The van der Waals surface area contributed by atoms with Gasteiger partial charge in [0.25, 0.3) is 5.56 Å².